The number of carbonyl (C=O) groups excluding carboxylic acids is 1. The quantitative estimate of drug-likeness (QED) is 0.709. The average Bonchev–Trinajstić information content (AvgIpc) is 2.03. The minimum Gasteiger partial charge on any atom is -0.444 e. The zero-order valence-electron chi connectivity index (χ0n) is 10.2. The first-order chi connectivity index (χ1) is 6.97. The molecule has 0 saturated carbocycles. The summed E-state index contributed by atoms with van der Waals surface area (Å²) in [6, 6.07) is 0.369. The van der Waals surface area contributed by atoms with E-state index in [1.165, 1.54) is 6.42 Å². The van der Waals surface area contributed by atoms with Gasteiger partial charge in [-0.25, -0.2) is 4.79 Å². The number of ether oxygens (including phenoxy) is 1. The zero-order chi connectivity index (χ0) is 11.1. The smallest absolute Gasteiger partial charge is 0.410 e. The number of nitrogens with one attached hydrogen (secondary N) is 1. The fourth-order valence-electron chi connectivity index (χ4n) is 2.25. The van der Waals surface area contributed by atoms with Crippen LogP contribution in [-0.4, -0.2) is 42.3 Å². The van der Waals surface area contributed by atoms with Crippen LogP contribution in [0.15, 0.2) is 0 Å². The van der Waals surface area contributed by atoms with Gasteiger partial charge in [-0.05, 0) is 39.7 Å². The standard InChI is InChI=1S/C11H20N2O2.ClH/c1-11(2,3)15-10(14)13-7-8-4-5-12-6-9(8)13;/h8-9,12H,4-7H2,1-3H3;1H. The molecule has 2 saturated heterocycles. The molecule has 2 aliphatic rings. The maximum atomic E-state index is 11.8. The van der Waals surface area contributed by atoms with Gasteiger partial charge >= 0.3 is 6.09 Å². The van der Waals surface area contributed by atoms with Crippen LogP contribution in [0.4, 0.5) is 4.79 Å². The Bertz CT molecular complexity index is 265. The highest BCUT2D eigenvalue weighted by atomic mass is 35.5. The Morgan fingerprint density at radius 2 is 2.12 bits per heavy atom. The zero-order valence-corrected chi connectivity index (χ0v) is 11.0. The third-order valence-electron chi connectivity index (χ3n) is 3.05. The maximum absolute atomic E-state index is 11.8. The molecule has 0 aromatic heterocycles. The summed E-state index contributed by atoms with van der Waals surface area (Å²) < 4.78 is 5.35. The number of halogens is 1. The Kier molecular flexibility index (Phi) is 4.07. The number of hydrogen-bond donors (Lipinski definition) is 1. The van der Waals surface area contributed by atoms with Gasteiger partial charge in [0.2, 0.25) is 0 Å². The number of fused-ring (bicyclic) bond motifs is 1. The van der Waals surface area contributed by atoms with E-state index in [4.69, 9.17) is 4.74 Å². The SMILES string of the molecule is CC(C)(C)OC(=O)N1CC2CCNCC21.Cl. The van der Waals surface area contributed by atoms with Crippen molar-refractivity contribution in [1.82, 2.24) is 10.2 Å². The van der Waals surface area contributed by atoms with Crippen molar-refractivity contribution in [2.75, 3.05) is 19.6 Å². The number of piperidine rings is 1. The van der Waals surface area contributed by atoms with E-state index in [0.717, 1.165) is 19.6 Å². The van der Waals surface area contributed by atoms with Crippen LogP contribution in [-0.2, 0) is 4.74 Å². The predicted octanol–water partition coefficient (Wildman–Crippen LogP) is 1.64. The average molecular weight is 249 g/mol. The fraction of sp³-hybridized carbons (Fsp3) is 0.909. The van der Waals surface area contributed by atoms with Crippen molar-refractivity contribution in [1.29, 1.82) is 0 Å². The molecule has 5 heteroatoms. The van der Waals surface area contributed by atoms with Gasteiger partial charge in [0, 0.05) is 13.1 Å². The summed E-state index contributed by atoms with van der Waals surface area (Å²) in [6.07, 6.45) is 1.02. The summed E-state index contributed by atoms with van der Waals surface area (Å²) in [5.41, 5.74) is -0.385. The van der Waals surface area contributed by atoms with Crippen LogP contribution in [0, 0.1) is 5.92 Å². The second-order valence-corrected chi connectivity index (χ2v) is 5.45. The minimum absolute atomic E-state index is 0. The first kappa shape index (κ1) is 13.6. The molecule has 16 heavy (non-hydrogen) atoms. The van der Waals surface area contributed by atoms with Crippen molar-refractivity contribution in [3.05, 3.63) is 0 Å². The molecule has 0 bridgehead atoms. The lowest BCUT2D eigenvalue weighted by atomic mass is 9.83. The first-order valence-electron chi connectivity index (χ1n) is 5.68. The number of hydrogen-bond acceptors (Lipinski definition) is 3. The van der Waals surface area contributed by atoms with E-state index in [1.54, 1.807) is 0 Å². The Balaban J connectivity index is 0.00000128. The number of amides is 1. The van der Waals surface area contributed by atoms with Crippen LogP contribution in [0.5, 0.6) is 0 Å². The topological polar surface area (TPSA) is 41.6 Å². The Labute approximate surface area is 103 Å². The molecule has 4 nitrogen and oxygen atoms in total. The van der Waals surface area contributed by atoms with Crippen molar-refractivity contribution >= 4 is 18.5 Å². The molecule has 2 fully saturated rings. The molecule has 94 valence electrons. The molecule has 0 aromatic carbocycles. The summed E-state index contributed by atoms with van der Waals surface area (Å²) in [7, 11) is 0. The van der Waals surface area contributed by atoms with Gasteiger partial charge in [0.05, 0.1) is 6.04 Å². The number of rotatable bonds is 0. The normalized spacial score (nSPS) is 28.6. The minimum atomic E-state index is -0.385. The van der Waals surface area contributed by atoms with E-state index in [1.807, 2.05) is 25.7 Å². The third-order valence-corrected chi connectivity index (χ3v) is 3.05. The van der Waals surface area contributed by atoms with Crippen LogP contribution in [0.2, 0.25) is 0 Å². The molecule has 1 amide bonds. The van der Waals surface area contributed by atoms with Gasteiger partial charge in [-0.3, -0.25) is 0 Å². The molecule has 2 unspecified atom stereocenters. The van der Waals surface area contributed by atoms with Gasteiger partial charge in [-0.15, -0.1) is 12.4 Å². The molecule has 0 spiro atoms. The van der Waals surface area contributed by atoms with Crippen molar-refractivity contribution in [2.24, 2.45) is 5.92 Å². The molecule has 2 heterocycles. The second-order valence-electron chi connectivity index (χ2n) is 5.45. The lowest BCUT2D eigenvalue weighted by Gasteiger charge is -2.50. The molecule has 2 rings (SSSR count). The van der Waals surface area contributed by atoms with E-state index in [-0.39, 0.29) is 24.1 Å². The van der Waals surface area contributed by atoms with E-state index >= 15 is 0 Å². The third kappa shape index (κ3) is 2.80. The maximum Gasteiger partial charge on any atom is 0.410 e. The molecule has 2 aliphatic heterocycles. The number of nitrogens with zero attached hydrogens (tertiary/aromatic N) is 1. The van der Waals surface area contributed by atoms with Gasteiger partial charge in [-0.2, -0.15) is 0 Å². The largest absolute Gasteiger partial charge is 0.444 e. The summed E-state index contributed by atoms with van der Waals surface area (Å²) >= 11 is 0. The number of likely N-dealkylation sites (tertiary alicyclic amines) is 1. The van der Waals surface area contributed by atoms with Crippen LogP contribution < -0.4 is 5.32 Å². The van der Waals surface area contributed by atoms with Gasteiger partial charge < -0.3 is 15.0 Å². The van der Waals surface area contributed by atoms with Gasteiger partial charge in [0.15, 0.2) is 0 Å². The molecule has 0 radical (unpaired) electrons. The van der Waals surface area contributed by atoms with E-state index < -0.39 is 0 Å². The molecule has 1 N–H and O–H groups in total. The summed E-state index contributed by atoms with van der Waals surface area (Å²) in [5.74, 6) is 0.693. The van der Waals surface area contributed by atoms with E-state index in [2.05, 4.69) is 5.32 Å². The van der Waals surface area contributed by atoms with E-state index in [9.17, 15) is 4.79 Å². The highest BCUT2D eigenvalue weighted by Crippen LogP contribution is 2.30. The van der Waals surface area contributed by atoms with Gasteiger partial charge in [0.25, 0.3) is 0 Å². The van der Waals surface area contributed by atoms with Crippen LogP contribution in [0.1, 0.15) is 27.2 Å². The van der Waals surface area contributed by atoms with Crippen LogP contribution >= 0.6 is 12.4 Å². The lowest BCUT2D eigenvalue weighted by molar-refractivity contribution is -0.0381. The predicted molar refractivity (Wildman–Crippen MR) is 65.0 cm³/mol. The van der Waals surface area contributed by atoms with Crippen LogP contribution in [0.3, 0.4) is 0 Å². The highest BCUT2D eigenvalue weighted by Gasteiger charge is 2.44. The molecule has 0 aromatic rings. The van der Waals surface area contributed by atoms with Crippen molar-refractivity contribution < 1.29 is 9.53 Å². The molecule has 0 aliphatic carbocycles. The van der Waals surface area contributed by atoms with Gasteiger partial charge in [-0.1, -0.05) is 0 Å². The molecular formula is C11H21ClN2O2. The summed E-state index contributed by atoms with van der Waals surface area (Å²) in [6.45, 7) is 8.60. The Morgan fingerprint density at radius 1 is 1.44 bits per heavy atom. The Hall–Kier alpha value is -0.480. The Morgan fingerprint density at radius 3 is 2.69 bits per heavy atom. The van der Waals surface area contributed by atoms with E-state index in [0.29, 0.717) is 12.0 Å². The van der Waals surface area contributed by atoms with Crippen molar-refractivity contribution in [3.8, 4) is 0 Å². The summed E-state index contributed by atoms with van der Waals surface area (Å²) in [4.78, 5) is 13.6. The summed E-state index contributed by atoms with van der Waals surface area (Å²) in [5, 5.41) is 3.31. The monoisotopic (exact) mass is 248 g/mol. The first-order valence-corrected chi connectivity index (χ1v) is 5.68. The molecular weight excluding hydrogens is 228 g/mol. The van der Waals surface area contributed by atoms with Crippen molar-refractivity contribution in [2.45, 2.75) is 38.8 Å². The fourth-order valence-corrected chi connectivity index (χ4v) is 2.25. The van der Waals surface area contributed by atoms with Gasteiger partial charge in [0.1, 0.15) is 5.60 Å². The number of carbonyl (C=O) groups is 1. The molecule has 2 atom stereocenters. The van der Waals surface area contributed by atoms with Crippen LogP contribution in [0.25, 0.3) is 0 Å². The highest BCUT2D eigenvalue weighted by molar-refractivity contribution is 5.85. The second kappa shape index (κ2) is 4.80. The van der Waals surface area contributed by atoms with Crippen molar-refractivity contribution in [3.63, 3.8) is 0 Å². The lowest BCUT2D eigenvalue weighted by Crippen LogP contribution is -2.65.